The van der Waals surface area contributed by atoms with Gasteiger partial charge in [-0.3, -0.25) is 19.5 Å². The predicted octanol–water partition coefficient (Wildman–Crippen LogP) is 2.80. The van der Waals surface area contributed by atoms with E-state index in [1.165, 1.54) is 34.1 Å². The molecule has 0 saturated heterocycles. The van der Waals surface area contributed by atoms with Crippen LogP contribution in [-0.4, -0.2) is 32.3 Å². The summed E-state index contributed by atoms with van der Waals surface area (Å²) in [6, 6.07) is 3.66. The number of rotatable bonds is 5. The number of nitro benzene ring substituents is 1. The molecule has 3 aromatic rings. The number of nitro groups is 1. The van der Waals surface area contributed by atoms with Gasteiger partial charge in [0.2, 0.25) is 5.91 Å². The fraction of sp³-hybridized carbons (Fsp3) is 0.353. The molecule has 0 saturated carbocycles. The van der Waals surface area contributed by atoms with Gasteiger partial charge in [-0.05, 0) is 26.8 Å². The van der Waals surface area contributed by atoms with Crippen molar-refractivity contribution in [2.75, 3.05) is 7.05 Å². The molecule has 0 N–H and O–H groups in total. The van der Waals surface area contributed by atoms with Crippen LogP contribution in [-0.2, 0) is 11.3 Å². The molecule has 1 atom stereocenters. The van der Waals surface area contributed by atoms with Crippen LogP contribution in [0.3, 0.4) is 0 Å². The standard InChI is InChI=1S/C17H18N4O5S/c1-9-16(27-11(3)18-9)10(2)19(4)15(22)8-20-13-6-5-12(21(24)25)7-14(13)26-17(20)23/h5-7,10H,8H2,1-4H3. The summed E-state index contributed by atoms with van der Waals surface area (Å²) in [6.45, 7) is 5.49. The minimum atomic E-state index is -0.732. The Bertz CT molecular complexity index is 1100. The third-order valence-corrected chi connectivity index (χ3v) is 5.69. The summed E-state index contributed by atoms with van der Waals surface area (Å²) in [5.41, 5.74) is 1.11. The summed E-state index contributed by atoms with van der Waals surface area (Å²) in [5, 5.41) is 11.8. The first-order valence-corrected chi connectivity index (χ1v) is 8.98. The molecule has 1 amide bonds. The van der Waals surface area contributed by atoms with E-state index < -0.39 is 10.7 Å². The topological polar surface area (TPSA) is 111 Å². The number of amides is 1. The number of fused-ring (bicyclic) bond motifs is 1. The van der Waals surface area contributed by atoms with Gasteiger partial charge in [0.15, 0.2) is 5.58 Å². The average molecular weight is 390 g/mol. The van der Waals surface area contributed by atoms with Gasteiger partial charge >= 0.3 is 5.76 Å². The zero-order valence-corrected chi connectivity index (χ0v) is 16.1. The summed E-state index contributed by atoms with van der Waals surface area (Å²) >= 11 is 1.53. The molecule has 0 spiro atoms. The summed E-state index contributed by atoms with van der Waals surface area (Å²) in [6.07, 6.45) is 0. The molecule has 2 heterocycles. The molecule has 0 radical (unpaired) electrons. The van der Waals surface area contributed by atoms with E-state index in [2.05, 4.69) is 4.98 Å². The van der Waals surface area contributed by atoms with Crippen molar-refractivity contribution in [3.05, 3.63) is 54.4 Å². The van der Waals surface area contributed by atoms with Crippen molar-refractivity contribution in [3.8, 4) is 0 Å². The summed E-state index contributed by atoms with van der Waals surface area (Å²) in [5.74, 6) is -1.01. The van der Waals surface area contributed by atoms with Gasteiger partial charge in [-0.1, -0.05) is 0 Å². The molecular weight excluding hydrogens is 372 g/mol. The number of hydrogen-bond acceptors (Lipinski definition) is 7. The maximum absolute atomic E-state index is 12.7. The predicted molar refractivity (Wildman–Crippen MR) is 99.9 cm³/mol. The van der Waals surface area contributed by atoms with Crippen molar-refractivity contribution in [3.63, 3.8) is 0 Å². The molecule has 0 bridgehead atoms. The van der Waals surface area contributed by atoms with E-state index in [4.69, 9.17) is 4.42 Å². The number of non-ortho nitro benzene ring substituents is 1. The fourth-order valence-corrected chi connectivity index (χ4v) is 3.91. The smallest absolute Gasteiger partial charge is 0.407 e. The Balaban J connectivity index is 1.87. The molecular formula is C17H18N4O5S. The molecule has 10 heteroatoms. The lowest BCUT2D eigenvalue weighted by Gasteiger charge is -2.24. The van der Waals surface area contributed by atoms with Crippen LogP contribution < -0.4 is 5.76 Å². The Kier molecular flexibility index (Phi) is 4.83. The zero-order valence-electron chi connectivity index (χ0n) is 15.3. The van der Waals surface area contributed by atoms with Crippen LogP contribution in [0.15, 0.2) is 27.4 Å². The monoisotopic (exact) mass is 390 g/mol. The van der Waals surface area contributed by atoms with Crippen molar-refractivity contribution in [1.82, 2.24) is 14.5 Å². The molecule has 0 fully saturated rings. The molecule has 0 aliphatic heterocycles. The third-order valence-electron chi connectivity index (χ3n) is 4.45. The Morgan fingerprint density at radius 1 is 1.44 bits per heavy atom. The zero-order chi connectivity index (χ0) is 19.9. The Morgan fingerprint density at radius 3 is 2.74 bits per heavy atom. The highest BCUT2D eigenvalue weighted by atomic mass is 32.1. The van der Waals surface area contributed by atoms with E-state index in [1.807, 2.05) is 20.8 Å². The second-order valence-corrected chi connectivity index (χ2v) is 7.46. The van der Waals surface area contributed by atoms with Crippen LogP contribution in [0.25, 0.3) is 11.1 Å². The molecule has 3 rings (SSSR count). The second-order valence-electron chi connectivity index (χ2n) is 6.23. The Hall–Kier alpha value is -3.01. The molecule has 0 aliphatic rings. The molecule has 2 aromatic heterocycles. The van der Waals surface area contributed by atoms with Gasteiger partial charge in [-0.25, -0.2) is 9.78 Å². The van der Waals surface area contributed by atoms with Gasteiger partial charge in [-0.2, -0.15) is 0 Å². The number of aromatic nitrogens is 2. The number of carbonyl (C=O) groups excluding carboxylic acids is 1. The first-order chi connectivity index (χ1) is 12.7. The van der Waals surface area contributed by atoms with Gasteiger partial charge in [-0.15, -0.1) is 11.3 Å². The lowest BCUT2D eigenvalue weighted by molar-refractivity contribution is -0.384. The molecule has 27 heavy (non-hydrogen) atoms. The second kappa shape index (κ2) is 6.95. The summed E-state index contributed by atoms with van der Waals surface area (Å²) < 4.78 is 6.24. The van der Waals surface area contributed by atoms with Crippen LogP contribution >= 0.6 is 11.3 Å². The van der Waals surface area contributed by atoms with Crippen LogP contribution in [0.2, 0.25) is 0 Å². The van der Waals surface area contributed by atoms with Gasteiger partial charge in [0.25, 0.3) is 5.69 Å². The Morgan fingerprint density at radius 2 is 2.15 bits per heavy atom. The normalized spacial score (nSPS) is 12.3. The van der Waals surface area contributed by atoms with Gasteiger partial charge in [0.1, 0.15) is 6.54 Å². The summed E-state index contributed by atoms with van der Waals surface area (Å²) in [7, 11) is 1.67. The van der Waals surface area contributed by atoms with Gasteiger partial charge in [0, 0.05) is 18.0 Å². The van der Waals surface area contributed by atoms with Crippen molar-refractivity contribution in [1.29, 1.82) is 0 Å². The maximum Gasteiger partial charge on any atom is 0.420 e. The highest BCUT2D eigenvalue weighted by Crippen LogP contribution is 2.28. The molecule has 1 aromatic carbocycles. The van der Waals surface area contributed by atoms with Crippen molar-refractivity contribution in [2.45, 2.75) is 33.4 Å². The number of oxazole rings is 1. The van der Waals surface area contributed by atoms with Crippen molar-refractivity contribution >= 4 is 34.0 Å². The van der Waals surface area contributed by atoms with Crippen molar-refractivity contribution in [2.24, 2.45) is 0 Å². The van der Waals surface area contributed by atoms with E-state index in [0.717, 1.165) is 15.6 Å². The first kappa shape index (κ1) is 18.8. The van der Waals surface area contributed by atoms with Gasteiger partial charge < -0.3 is 9.32 Å². The molecule has 9 nitrogen and oxygen atoms in total. The van der Waals surface area contributed by atoms with E-state index in [0.29, 0.717) is 5.52 Å². The minimum Gasteiger partial charge on any atom is -0.407 e. The molecule has 1 unspecified atom stereocenters. The van der Waals surface area contributed by atoms with Gasteiger partial charge in [0.05, 0.1) is 33.2 Å². The lowest BCUT2D eigenvalue weighted by atomic mass is 10.2. The first-order valence-electron chi connectivity index (χ1n) is 8.16. The average Bonchev–Trinajstić information content (AvgIpc) is 3.11. The van der Waals surface area contributed by atoms with E-state index in [9.17, 15) is 19.7 Å². The number of benzene rings is 1. The maximum atomic E-state index is 12.7. The summed E-state index contributed by atoms with van der Waals surface area (Å²) in [4.78, 5) is 42.0. The quantitative estimate of drug-likeness (QED) is 0.489. The number of nitrogens with zero attached hydrogens (tertiary/aromatic N) is 4. The minimum absolute atomic E-state index is 0.0756. The number of likely N-dealkylation sites (N-methyl/N-ethyl adjacent to an activating group) is 1. The van der Waals surface area contributed by atoms with E-state index in [-0.39, 0.29) is 29.8 Å². The molecule has 142 valence electrons. The van der Waals surface area contributed by atoms with Crippen LogP contribution in [0.4, 0.5) is 5.69 Å². The number of aryl methyl sites for hydroxylation is 2. The van der Waals surface area contributed by atoms with E-state index in [1.54, 1.807) is 11.9 Å². The number of carbonyl (C=O) groups is 1. The lowest BCUT2D eigenvalue weighted by Crippen LogP contribution is -2.34. The fourth-order valence-electron chi connectivity index (χ4n) is 2.89. The largest absolute Gasteiger partial charge is 0.420 e. The SMILES string of the molecule is Cc1nc(C)c(C(C)N(C)C(=O)Cn2c(=O)oc3cc([N+](=O)[O-])ccc32)s1. The van der Waals surface area contributed by atoms with E-state index >= 15 is 0 Å². The molecule has 0 aliphatic carbocycles. The Labute approximate surface area is 158 Å². The van der Waals surface area contributed by atoms with Crippen molar-refractivity contribution < 1.29 is 14.1 Å². The number of thiazole rings is 1. The van der Waals surface area contributed by atoms with Crippen LogP contribution in [0.5, 0.6) is 0 Å². The van der Waals surface area contributed by atoms with Crippen LogP contribution in [0.1, 0.15) is 28.5 Å². The highest BCUT2D eigenvalue weighted by Gasteiger charge is 2.23. The third kappa shape index (κ3) is 3.47. The highest BCUT2D eigenvalue weighted by molar-refractivity contribution is 7.11. The number of hydrogen-bond donors (Lipinski definition) is 0. The van der Waals surface area contributed by atoms with Crippen LogP contribution in [0, 0.1) is 24.0 Å².